The first-order valence-corrected chi connectivity index (χ1v) is 4.85. The second-order valence-electron chi connectivity index (χ2n) is 3.43. The van der Waals surface area contributed by atoms with Crippen molar-refractivity contribution in [2.45, 2.75) is 12.8 Å². The molecule has 1 aliphatic carbocycles. The lowest BCUT2D eigenvalue weighted by molar-refractivity contribution is -0.583. The fraction of sp³-hybridized carbons (Fsp3) is 0.167. The molecule has 76 valence electrons. The van der Waals surface area contributed by atoms with E-state index in [-0.39, 0.29) is 0 Å². The number of pyridine rings is 1. The van der Waals surface area contributed by atoms with Crippen LogP contribution >= 0.6 is 0 Å². The molecule has 0 bridgehead atoms. The van der Waals surface area contributed by atoms with Gasteiger partial charge in [-0.05, 0) is 12.5 Å². The summed E-state index contributed by atoms with van der Waals surface area (Å²) in [5.41, 5.74) is 1.50. The van der Waals surface area contributed by atoms with Crippen LogP contribution in [0, 0.1) is 0 Å². The lowest BCUT2D eigenvalue weighted by Crippen LogP contribution is -2.32. The number of nitrogens with zero attached hydrogens (tertiary/aromatic N) is 1. The minimum Gasteiger partial charge on any atom is -0.478 e. The average molecular weight is 202 g/mol. The van der Waals surface area contributed by atoms with Gasteiger partial charge in [-0.25, -0.2) is 4.79 Å². The number of aromatic nitrogens is 1. The van der Waals surface area contributed by atoms with Gasteiger partial charge in [0.25, 0.3) is 0 Å². The molecule has 3 heteroatoms. The molecule has 0 saturated heterocycles. The van der Waals surface area contributed by atoms with Crippen LogP contribution in [-0.4, -0.2) is 11.1 Å². The van der Waals surface area contributed by atoms with Crippen molar-refractivity contribution in [1.29, 1.82) is 0 Å². The molecule has 3 nitrogen and oxygen atoms in total. The highest BCUT2D eigenvalue weighted by molar-refractivity contribution is 5.88. The van der Waals surface area contributed by atoms with Crippen molar-refractivity contribution < 1.29 is 14.5 Å². The van der Waals surface area contributed by atoms with E-state index < -0.39 is 5.97 Å². The third kappa shape index (κ3) is 2.13. The van der Waals surface area contributed by atoms with E-state index in [2.05, 4.69) is 0 Å². The minimum atomic E-state index is -0.822. The average Bonchev–Trinajstić information content (AvgIpc) is 2.30. The van der Waals surface area contributed by atoms with Crippen LogP contribution < -0.4 is 4.57 Å². The molecular formula is C12H12NO2+. The number of rotatable bonds is 2. The zero-order valence-corrected chi connectivity index (χ0v) is 8.26. The maximum atomic E-state index is 10.8. The van der Waals surface area contributed by atoms with Gasteiger partial charge in [-0.1, -0.05) is 12.1 Å². The van der Waals surface area contributed by atoms with Gasteiger partial charge < -0.3 is 5.11 Å². The number of hydrogen-bond donors (Lipinski definition) is 1. The van der Waals surface area contributed by atoms with E-state index in [1.807, 2.05) is 41.2 Å². The molecular weight excluding hydrogens is 190 g/mol. The molecule has 0 fully saturated rings. The highest BCUT2D eigenvalue weighted by atomic mass is 16.4. The van der Waals surface area contributed by atoms with Crippen LogP contribution in [0.1, 0.15) is 12.8 Å². The molecule has 0 unspecified atom stereocenters. The smallest absolute Gasteiger partial charge is 0.331 e. The summed E-state index contributed by atoms with van der Waals surface area (Å²) in [4.78, 5) is 10.8. The van der Waals surface area contributed by atoms with Gasteiger partial charge in [0.05, 0.1) is 6.42 Å². The van der Waals surface area contributed by atoms with Gasteiger partial charge in [-0.2, -0.15) is 4.57 Å². The van der Waals surface area contributed by atoms with E-state index in [1.165, 1.54) is 0 Å². The lowest BCUT2D eigenvalue weighted by atomic mass is 10.0. The molecule has 15 heavy (non-hydrogen) atoms. The van der Waals surface area contributed by atoms with Crippen molar-refractivity contribution in [2.24, 2.45) is 0 Å². The molecule has 1 heterocycles. The van der Waals surface area contributed by atoms with Crippen LogP contribution in [0.25, 0.3) is 5.70 Å². The molecule has 1 aromatic rings. The van der Waals surface area contributed by atoms with Gasteiger partial charge in [0, 0.05) is 17.7 Å². The second-order valence-corrected chi connectivity index (χ2v) is 3.43. The predicted octanol–water partition coefficient (Wildman–Crippen LogP) is 1.62. The zero-order chi connectivity index (χ0) is 10.7. The summed E-state index contributed by atoms with van der Waals surface area (Å²) in [5, 5.41) is 8.90. The molecule has 0 atom stereocenters. The molecule has 0 spiro atoms. The van der Waals surface area contributed by atoms with Crippen LogP contribution in [0.2, 0.25) is 0 Å². The summed E-state index contributed by atoms with van der Waals surface area (Å²) in [6.45, 7) is 0. The van der Waals surface area contributed by atoms with Gasteiger partial charge in [0.2, 0.25) is 0 Å². The maximum Gasteiger partial charge on any atom is 0.331 e. The van der Waals surface area contributed by atoms with E-state index in [4.69, 9.17) is 5.11 Å². The van der Waals surface area contributed by atoms with Crippen LogP contribution in [0.15, 0.2) is 48.3 Å². The summed E-state index contributed by atoms with van der Waals surface area (Å²) in [7, 11) is 0. The van der Waals surface area contributed by atoms with Crippen LogP contribution in [0.4, 0.5) is 0 Å². The van der Waals surface area contributed by atoms with Gasteiger partial charge in [-0.15, -0.1) is 0 Å². The third-order valence-corrected chi connectivity index (χ3v) is 2.41. The van der Waals surface area contributed by atoms with Gasteiger partial charge >= 0.3 is 5.97 Å². The Hall–Kier alpha value is -1.90. The fourth-order valence-electron chi connectivity index (χ4n) is 1.63. The molecule has 0 aliphatic heterocycles. The van der Waals surface area contributed by atoms with Crippen molar-refractivity contribution in [1.82, 2.24) is 0 Å². The maximum absolute atomic E-state index is 10.8. The summed E-state index contributed by atoms with van der Waals surface area (Å²) in [5.74, 6) is -0.822. The molecule has 0 saturated carbocycles. The molecule has 1 aliphatic rings. The van der Waals surface area contributed by atoms with E-state index in [9.17, 15) is 4.79 Å². The molecule has 0 aromatic carbocycles. The Morgan fingerprint density at radius 2 is 1.93 bits per heavy atom. The SMILES string of the molecule is O=C(O)C1=CCC=C([n+]2ccccc2)C1. The van der Waals surface area contributed by atoms with Crippen molar-refractivity contribution in [3.63, 3.8) is 0 Å². The summed E-state index contributed by atoms with van der Waals surface area (Å²) in [6.07, 6.45) is 8.85. The molecule has 1 aromatic heterocycles. The van der Waals surface area contributed by atoms with E-state index in [0.29, 0.717) is 18.4 Å². The van der Waals surface area contributed by atoms with Crippen molar-refractivity contribution >= 4 is 11.7 Å². The Bertz CT molecular complexity index is 432. The number of carboxylic acid groups (broad SMARTS) is 1. The summed E-state index contributed by atoms with van der Waals surface area (Å²) < 4.78 is 1.95. The van der Waals surface area contributed by atoms with Crippen molar-refractivity contribution in [2.75, 3.05) is 0 Å². The number of allylic oxidation sites excluding steroid dienone is 3. The normalized spacial score (nSPS) is 15.5. The van der Waals surface area contributed by atoms with Gasteiger partial charge in [0.15, 0.2) is 18.1 Å². The molecule has 2 rings (SSSR count). The highest BCUT2D eigenvalue weighted by Gasteiger charge is 2.18. The first-order chi connectivity index (χ1) is 7.27. The van der Waals surface area contributed by atoms with Crippen LogP contribution in [0.3, 0.4) is 0 Å². The second kappa shape index (κ2) is 4.09. The fourth-order valence-corrected chi connectivity index (χ4v) is 1.63. The van der Waals surface area contributed by atoms with Crippen molar-refractivity contribution in [3.05, 3.63) is 48.3 Å². The van der Waals surface area contributed by atoms with E-state index >= 15 is 0 Å². The van der Waals surface area contributed by atoms with Gasteiger partial charge in [-0.3, -0.25) is 0 Å². The van der Waals surface area contributed by atoms with Gasteiger partial charge in [0.1, 0.15) is 0 Å². The van der Waals surface area contributed by atoms with Crippen molar-refractivity contribution in [3.8, 4) is 0 Å². The Morgan fingerprint density at radius 1 is 1.20 bits per heavy atom. The zero-order valence-electron chi connectivity index (χ0n) is 8.26. The lowest BCUT2D eigenvalue weighted by Gasteiger charge is -2.07. The first kappa shape index (κ1) is 9.65. The molecule has 0 amide bonds. The quantitative estimate of drug-likeness (QED) is 0.740. The Morgan fingerprint density at radius 3 is 2.60 bits per heavy atom. The standard InChI is InChI=1S/C12H11NO2/c14-12(15)10-5-4-6-11(9-10)13-7-2-1-3-8-13/h1-3,5-8H,4,9H2/p+1. The number of carboxylic acids is 1. The van der Waals surface area contributed by atoms with E-state index in [0.717, 1.165) is 5.70 Å². The Kier molecular flexibility index (Phi) is 2.63. The Labute approximate surface area is 88.0 Å². The highest BCUT2D eigenvalue weighted by Crippen LogP contribution is 2.17. The van der Waals surface area contributed by atoms with Crippen LogP contribution in [0.5, 0.6) is 0 Å². The van der Waals surface area contributed by atoms with E-state index in [1.54, 1.807) is 6.08 Å². The van der Waals surface area contributed by atoms with Crippen LogP contribution in [-0.2, 0) is 4.79 Å². The Balaban J connectivity index is 2.21. The molecule has 0 radical (unpaired) electrons. The molecule has 1 N–H and O–H groups in total. The number of hydrogen-bond acceptors (Lipinski definition) is 1. The summed E-state index contributed by atoms with van der Waals surface area (Å²) in [6, 6.07) is 5.80. The monoisotopic (exact) mass is 202 g/mol. The number of aliphatic carboxylic acids is 1. The number of carbonyl (C=O) groups is 1. The minimum absolute atomic E-state index is 0.476. The predicted molar refractivity (Wildman–Crippen MR) is 55.9 cm³/mol. The topological polar surface area (TPSA) is 41.2 Å². The largest absolute Gasteiger partial charge is 0.478 e. The third-order valence-electron chi connectivity index (χ3n) is 2.41. The first-order valence-electron chi connectivity index (χ1n) is 4.85. The summed E-state index contributed by atoms with van der Waals surface area (Å²) >= 11 is 0.